The van der Waals surface area contributed by atoms with Crippen LogP contribution in [-0.4, -0.2) is 50.8 Å². The standard InChI is InChI=1S/C16H17N3O5/c20-13-10-12(17-18-13)14(21)19-8-6-16(7-9-19,15(22)23)24-11-4-2-1-3-5-11/h1-5,10H,6-9H2,(H,22,23)(H2,17,18,20). The highest BCUT2D eigenvalue weighted by molar-refractivity contribution is 5.92. The van der Waals surface area contributed by atoms with E-state index in [1.54, 1.807) is 24.3 Å². The van der Waals surface area contributed by atoms with Gasteiger partial charge in [0, 0.05) is 32.0 Å². The normalized spacial score (nSPS) is 16.6. The van der Waals surface area contributed by atoms with Crippen molar-refractivity contribution in [2.24, 2.45) is 0 Å². The maximum absolute atomic E-state index is 12.3. The summed E-state index contributed by atoms with van der Waals surface area (Å²) in [4.78, 5) is 36.7. The number of H-pyrrole nitrogens is 2. The Balaban J connectivity index is 1.72. The molecule has 0 spiro atoms. The van der Waals surface area contributed by atoms with Crippen molar-refractivity contribution in [2.45, 2.75) is 18.4 Å². The Morgan fingerprint density at radius 1 is 1.12 bits per heavy atom. The summed E-state index contributed by atoms with van der Waals surface area (Å²) in [5.41, 5.74) is -1.58. The molecule has 2 heterocycles. The number of carboxylic acid groups (broad SMARTS) is 1. The van der Waals surface area contributed by atoms with E-state index >= 15 is 0 Å². The van der Waals surface area contributed by atoms with E-state index in [0.717, 1.165) is 0 Å². The van der Waals surface area contributed by atoms with Crippen LogP contribution in [0.2, 0.25) is 0 Å². The van der Waals surface area contributed by atoms with Crippen molar-refractivity contribution >= 4 is 11.9 Å². The molecule has 0 unspecified atom stereocenters. The molecule has 3 N–H and O–H groups in total. The molecule has 1 fully saturated rings. The molecule has 0 atom stereocenters. The third kappa shape index (κ3) is 3.03. The molecule has 1 aromatic heterocycles. The number of hydrogen-bond donors (Lipinski definition) is 3. The summed E-state index contributed by atoms with van der Waals surface area (Å²) < 4.78 is 5.74. The van der Waals surface area contributed by atoms with Gasteiger partial charge in [-0.3, -0.25) is 19.8 Å². The molecule has 8 nitrogen and oxygen atoms in total. The van der Waals surface area contributed by atoms with Crippen LogP contribution in [0.5, 0.6) is 5.75 Å². The molecule has 1 aliphatic rings. The molecule has 1 saturated heterocycles. The smallest absolute Gasteiger partial charge is 0.348 e. The number of carbonyl (C=O) groups excluding carboxylic acids is 1. The molecule has 1 amide bonds. The topological polar surface area (TPSA) is 115 Å². The maximum atomic E-state index is 12.3. The average molecular weight is 331 g/mol. The number of rotatable bonds is 4. The van der Waals surface area contributed by atoms with Crippen molar-refractivity contribution in [2.75, 3.05) is 13.1 Å². The second-order valence-electron chi connectivity index (χ2n) is 5.68. The summed E-state index contributed by atoms with van der Waals surface area (Å²) in [7, 11) is 0. The van der Waals surface area contributed by atoms with Gasteiger partial charge in [-0.05, 0) is 12.1 Å². The molecule has 0 saturated carbocycles. The summed E-state index contributed by atoms with van der Waals surface area (Å²) in [6.45, 7) is 0.455. The Kier molecular flexibility index (Phi) is 4.11. The van der Waals surface area contributed by atoms with Crippen LogP contribution in [0.15, 0.2) is 41.2 Å². The number of benzene rings is 1. The van der Waals surface area contributed by atoms with E-state index in [0.29, 0.717) is 5.75 Å². The number of aromatic amines is 2. The van der Waals surface area contributed by atoms with Gasteiger partial charge >= 0.3 is 5.97 Å². The number of nitrogens with zero attached hydrogens (tertiary/aromatic N) is 1. The summed E-state index contributed by atoms with van der Waals surface area (Å²) >= 11 is 0. The van der Waals surface area contributed by atoms with E-state index in [1.807, 2.05) is 6.07 Å². The lowest BCUT2D eigenvalue weighted by Crippen LogP contribution is -2.54. The molecule has 24 heavy (non-hydrogen) atoms. The van der Waals surface area contributed by atoms with Crippen LogP contribution in [0.4, 0.5) is 0 Å². The highest BCUT2D eigenvalue weighted by atomic mass is 16.5. The fourth-order valence-electron chi connectivity index (χ4n) is 2.76. The average Bonchev–Trinajstić information content (AvgIpc) is 3.02. The monoisotopic (exact) mass is 331 g/mol. The Labute approximate surface area is 137 Å². The Hall–Kier alpha value is -3.03. The quantitative estimate of drug-likeness (QED) is 0.768. The van der Waals surface area contributed by atoms with Gasteiger partial charge in [-0.2, -0.15) is 0 Å². The highest BCUT2D eigenvalue weighted by Crippen LogP contribution is 2.29. The Morgan fingerprint density at radius 3 is 2.33 bits per heavy atom. The molecule has 126 valence electrons. The van der Waals surface area contributed by atoms with Crippen LogP contribution in [0.1, 0.15) is 23.3 Å². The largest absolute Gasteiger partial charge is 0.478 e. The minimum atomic E-state index is -1.36. The van der Waals surface area contributed by atoms with E-state index in [9.17, 15) is 19.5 Å². The second kappa shape index (κ2) is 6.23. The number of carboxylic acids is 1. The van der Waals surface area contributed by atoms with Crippen molar-refractivity contribution < 1.29 is 19.4 Å². The number of likely N-dealkylation sites (tertiary alicyclic amines) is 1. The fourth-order valence-corrected chi connectivity index (χ4v) is 2.76. The summed E-state index contributed by atoms with van der Waals surface area (Å²) in [6, 6.07) is 9.94. The van der Waals surface area contributed by atoms with Gasteiger partial charge in [0.2, 0.25) is 5.60 Å². The number of amides is 1. The van der Waals surface area contributed by atoms with Gasteiger partial charge in [-0.25, -0.2) is 4.79 Å². The first-order chi connectivity index (χ1) is 11.5. The number of ether oxygens (including phenoxy) is 1. The number of aromatic nitrogens is 2. The summed E-state index contributed by atoms with van der Waals surface area (Å²) in [5, 5.41) is 14.4. The van der Waals surface area contributed by atoms with Crippen LogP contribution in [-0.2, 0) is 4.79 Å². The van der Waals surface area contributed by atoms with Crippen LogP contribution >= 0.6 is 0 Å². The predicted molar refractivity (Wildman–Crippen MR) is 84.0 cm³/mol. The zero-order chi connectivity index (χ0) is 17.2. The first-order valence-electron chi connectivity index (χ1n) is 7.55. The fraction of sp³-hybridized carbons (Fsp3) is 0.312. The predicted octanol–water partition coefficient (Wildman–Crippen LogP) is 0.841. The molecule has 1 aliphatic heterocycles. The molecule has 1 aromatic carbocycles. The van der Waals surface area contributed by atoms with Crippen molar-refractivity contribution in [3.05, 3.63) is 52.4 Å². The van der Waals surface area contributed by atoms with Crippen LogP contribution in [0, 0.1) is 0 Å². The van der Waals surface area contributed by atoms with Gasteiger partial charge in [0.1, 0.15) is 11.4 Å². The zero-order valence-electron chi connectivity index (χ0n) is 12.8. The molecule has 0 aliphatic carbocycles. The van der Waals surface area contributed by atoms with E-state index in [1.165, 1.54) is 11.0 Å². The van der Waals surface area contributed by atoms with E-state index in [-0.39, 0.29) is 43.1 Å². The first-order valence-corrected chi connectivity index (χ1v) is 7.55. The number of para-hydroxylation sites is 1. The maximum Gasteiger partial charge on any atom is 0.348 e. The third-order valence-electron chi connectivity index (χ3n) is 4.13. The lowest BCUT2D eigenvalue weighted by Gasteiger charge is -2.38. The minimum Gasteiger partial charge on any atom is -0.478 e. The minimum absolute atomic E-state index is 0.159. The number of aliphatic carboxylic acids is 1. The highest BCUT2D eigenvalue weighted by Gasteiger charge is 2.45. The van der Waals surface area contributed by atoms with Gasteiger partial charge in [0.15, 0.2) is 0 Å². The van der Waals surface area contributed by atoms with Crippen molar-refractivity contribution in [3.8, 4) is 5.75 Å². The third-order valence-corrected chi connectivity index (χ3v) is 4.13. The lowest BCUT2D eigenvalue weighted by atomic mass is 9.91. The van der Waals surface area contributed by atoms with Gasteiger partial charge in [0.25, 0.3) is 11.5 Å². The van der Waals surface area contributed by atoms with E-state index in [2.05, 4.69) is 10.2 Å². The Bertz CT molecular complexity index is 787. The molecule has 3 rings (SSSR count). The molecule has 2 aromatic rings. The number of hydrogen-bond acceptors (Lipinski definition) is 4. The molecule has 8 heteroatoms. The van der Waals surface area contributed by atoms with E-state index in [4.69, 9.17) is 4.74 Å². The van der Waals surface area contributed by atoms with Crippen LogP contribution in [0.3, 0.4) is 0 Å². The van der Waals surface area contributed by atoms with Gasteiger partial charge < -0.3 is 14.7 Å². The number of carbonyl (C=O) groups is 2. The number of piperidine rings is 1. The van der Waals surface area contributed by atoms with Crippen molar-refractivity contribution in [1.82, 2.24) is 15.1 Å². The second-order valence-corrected chi connectivity index (χ2v) is 5.68. The SMILES string of the molecule is O=C(c1cc(=O)[nH][nH]1)N1CCC(Oc2ccccc2)(C(=O)O)CC1. The number of nitrogens with one attached hydrogen (secondary N) is 2. The van der Waals surface area contributed by atoms with Crippen LogP contribution in [0.25, 0.3) is 0 Å². The molecular weight excluding hydrogens is 314 g/mol. The zero-order valence-corrected chi connectivity index (χ0v) is 12.8. The van der Waals surface area contributed by atoms with Gasteiger partial charge in [-0.1, -0.05) is 18.2 Å². The van der Waals surface area contributed by atoms with Crippen molar-refractivity contribution in [3.63, 3.8) is 0 Å². The lowest BCUT2D eigenvalue weighted by molar-refractivity contribution is -0.159. The van der Waals surface area contributed by atoms with Crippen molar-refractivity contribution in [1.29, 1.82) is 0 Å². The molecule has 0 bridgehead atoms. The van der Waals surface area contributed by atoms with Gasteiger partial charge in [-0.15, -0.1) is 0 Å². The van der Waals surface area contributed by atoms with E-state index < -0.39 is 11.6 Å². The van der Waals surface area contributed by atoms with Gasteiger partial charge in [0.05, 0.1) is 0 Å². The summed E-state index contributed by atoms with van der Waals surface area (Å²) in [5.74, 6) is -0.907. The Morgan fingerprint density at radius 2 is 1.79 bits per heavy atom. The molecular formula is C16H17N3O5. The first kappa shape index (κ1) is 15.9. The summed E-state index contributed by atoms with van der Waals surface area (Å²) in [6.07, 6.45) is 0.329. The molecule has 0 radical (unpaired) electrons. The van der Waals surface area contributed by atoms with Crippen LogP contribution < -0.4 is 10.3 Å².